The smallest absolute Gasteiger partial charge is 0.343 e. The molecule has 150 valence electrons. The molecule has 0 fully saturated rings. The molecule has 0 aromatic heterocycles. The van der Waals surface area contributed by atoms with Gasteiger partial charge in [-0.1, -0.05) is 45.2 Å². The van der Waals surface area contributed by atoms with Crippen molar-refractivity contribution in [2.24, 2.45) is 0 Å². The Labute approximate surface area is 166 Å². The van der Waals surface area contributed by atoms with Gasteiger partial charge in [0, 0.05) is 6.92 Å². The minimum absolute atomic E-state index is 0.104. The van der Waals surface area contributed by atoms with E-state index < -0.39 is 11.9 Å². The first-order chi connectivity index (χ1) is 13.5. The van der Waals surface area contributed by atoms with E-state index in [1.165, 1.54) is 6.92 Å². The molecule has 1 atom stereocenters. The van der Waals surface area contributed by atoms with E-state index in [2.05, 4.69) is 13.8 Å². The first-order valence-corrected chi connectivity index (χ1v) is 9.79. The SMILES string of the molecule is CCCCC(CCC)Oc1ccccc1OC(=O)c1ccc(OC(C)=O)cc1. The number of esters is 2. The van der Waals surface area contributed by atoms with Gasteiger partial charge in [-0.15, -0.1) is 0 Å². The molecule has 0 aliphatic carbocycles. The minimum atomic E-state index is -0.494. The molecule has 0 aliphatic heterocycles. The second-order valence-corrected chi connectivity index (χ2v) is 6.63. The van der Waals surface area contributed by atoms with Crippen LogP contribution in [-0.2, 0) is 4.79 Å². The zero-order chi connectivity index (χ0) is 20.4. The third-order valence-corrected chi connectivity index (χ3v) is 4.19. The van der Waals surface area contributed by atoms with E-state index in [0.717, 1.165) is 32.1 Å². The van der Waals surface area contributed by atoms with Crippen molar-refractivity contribution in [2.75, 3.05) is 0 Å². The molecule has 2 aromatic carbocycles. The summed E-state index contributed by atoms with van der Waals surface area (Å²) in [5.41, 5.74) is 0.363. The van der Waals surface area contributed by atoms with Gasteiger partial charge in [0.05, 0.1) is 11.7 Å². The van der Waals surface area contributed by atoms with Gasteiger partial charge >= 0.3 is 11.9 Å². The van der Waals surface area contributed by atoms with Crippen molar-refractivity contribution in [3.63, 3.8) is 0 Å². The molecule has 0 radical (unpaired) electrons. The van der Waals surface area contributed by atoms with Crippen LogP contribution in [0.2, 0.25) is 0 Å². The maximum absolute atomic E-state index is 12.5. The van der Waals surface area contributed by atoms with Gasteiger partial charge in [-0.3, -0.25) is 4.79 Å². The van der Waals surface area contributed by atoms with E-state index in [1.54, 1.807) is 36.4 Å². The lowest BCUT2D eigenvalue weighted by Gasteiger charge is -2.20. The Morgan fingerprint density at radius 1 is 0.857 bits per heavy atom. The first kappa shape index (κ1) is 21.5. The van der Waals surface area contributed by atoms with Gasteiger partial charge in [0.25, 0.3) is 0 Å². The van der Waals surface area contributed by atoms with Gasteiger partial charge < -0.3 is 14.2 Å². The van der Waals surface area contributed by atoms with E-state index in [4.69, 9.17) is 14.2 Å². The van der Waals surface area contributed by atoms with Crippen molar-refractivity contribution in [3.8, 4) is 17.2 Å². The monoisotopic (exact) mass is 384 g/mol. The van der Waals surface area contributed by atoms with E-state index in [0.29, 0.717) is 22.8 Å². The molecule has 0 amide bonds. The zero-order valence-corrected chi connectivity index (χ0v) is 16.8. The molecule has 0 aliphatic rings. The van der Waals surface area contributed by atoms with E-state index in [-0.39, 0.29) is 6.10 Å². The van der Waals surface area contributed by atoms with Gasteiger partial charge in [-0.05, 0) is 49.2 Å². The molecule has 0 saturated carbocycles. The van der Waals surface area contributed by atoms with Crippen LogP contribution in [0.3, 0.4) is 0 Å². The highest BCUT2D eigenvalue weighted by atomic mass is 16.6. The molecular weight excluding hydrogens is 356 g/mol. The molecule has 2 aromatic rings. The Kier molecular flexibility index (Phi) is 8.53. The van der Waals surface area contributed by atoms with Crippen LogP contribution >= 0.6 is 0 Å². The summed E-state index contributed by atoms with van der Waals surface area (Å²) in [7, 11) is 0. The van der Waals surface area contributed by atoms with Crippen LogP contribution < -0.4 is 14.2 Å². The molecule has 0 spiro atoms. The average molecular weight is 384 g/mol. The van der Waals surface area contributed by atoms with Gasteiger partial charge in [-0.25, -0.2) is 4.79 Å². The second kappa shape index (κ2) is 11.1. The number of carbonyl (C=O) groups excluding carboxylic acids is 2. The van der Waals surface area contributed by atoms with Gasteiger partial charge in [-0.2, -0.15) is 0 Å². The third-order valence-electron chi connectivity index (χ3n) is 4.19. The largest absolute Gasteiger partial charge is 0.487 e. The lowest BCUT2D eigenvalue weighted by atomic mass is 10.1. The van der Waals surface area contributed by atoms with Gasteiger partial charge in [0.2, 0.25) is 0 Å². The van der Waals surface area contributed by atoms with E-state index >= 15 is 0 Å². The maximum atomic E-state index is 12.5. The van der Waals surface area contributed by atoms with Crippen LogP contribution in [0.15, 0.2) is 48.5 Å². The number of benzene rings is 2. The highest BCUT2D eigenvalue weighted by Crippen LogP contribution is 2.30. The van der Waals surface area contributed by atoms with Gasteiger partial charge in [0.15, 0.2) is 11.5 Å². The maximum Gasteiger partial charge on any atom is 0.343 e. The lowest BCUT2D eigenvalue weighted by Crippen LogP contribution is -2.17. The predicted molar refractivity (Wildman–Crippen MR) is 108 cm³/mol. The Bertz CT molecular complexity index is 767. The number of hydrogen-bond donors (Lipinski definition) is 0. The molecule has 0 heterocycles. The van der Waals surface area contributed by atoms with Gasteiger partial charge in [0.1, 0.15) is 5.75 Å². The van der Waals surface area contributed by atoms with Crippen molar-refractivity contribution >= 4 is 11.9 Å². The minimum Gasteiger partial charge on any atom is -0.487 e. The fourth-order valence-electron chi connectivity index (χ4n) is 2.81. The lowest BCUT2D eigenvalue weighted by molar-refractivity contribution is -0.131. The fourth-order valence-corrected chi connectivity index (χ4v) is 2.81. The van der Waals surface area contributed by atoms with Crippen LogP contribution in [0.25, 0.3) is 0 Å². The Hall–Kier alpha value is -2.82. The Morgan fingerprint density at radius 2 is 1.54 bits per heavy atom. The van der Waals surface area contributed by atoms with Crippen LogP contribution in [0.4, 0.5) is 0 Å². The first-order valence-electron chi connectivity index (χ1n) is 9.79. The summed E-state index contributed by atoms with van der Waals surface area (Å²) < 4.78 is 16.7. The molecule has 28 heavy (non-hydrogen) atoms. The molecule has 5 nitrogen and oxygen atoms in total. The fraction of sp³-hybridized carbons (Fsp3) is 0.391. The quantitative estimate of drug-likeness (QED) is 0.396. The molecule has 5 heteroatoms. The van der Waals surface area contributed by atoms with Crippen LogP contribution in [0, 0.1) is 0 Å². The Morgan fingerprint density at radius 3 is 2.14 bits per heavy atom. The van der Waals surface area contributed by atoms with Crippen LogP contribution in [-0.4, -0.2) is 18.0 Å². The average Bonchev–Trinajstić information content (AvgIpc) is 2.67. The number of para-hydroxylation sites is 2. The molecular formula is C23H28O5. The second-order valence-electron chi connectivity index (χ2n) is 6.63. The predicted octanol–water partition coefficient (Wildman–Crippen LogP) is 5.57. The molecule has 0 saturated heterocycles. The Balaban J connectivity index is 2.09. The van der Waals surface area contributed by atoms with Crippen LogP contribution in [0.5, 0.6) is 17.2 Å². The van der Waals surface area contributed by atoms with Crippen molar-refractivity contribution in [1.29, 1.82) is 0 Å². The topological polar surface area (TPSA) is 61.8 Å². The van der Waals surface area contributed by atoms with Crippen molar-refractivity contribution in [2.45, 2.75) is 59.0 Å². The summed E-state index contributed by atoms with van der Waals surface area (Å²) in [4.78, 5) is 23.5. The number of ether oxygens (including phenoxy) is 3. The summed E-state index contributed by atoms with van der Waals surface area (Å²) in [5.74, 6) is 0.444. The zero-order valence-electron chi connectivity index (χ0n) is 16.8. The summed E-state index contributed by atoms with van der Waals surface area (Å²) in [6.07, 6.45) is 5.29. The summed E-state index contributed by atoms with van der Waals surface area (Å²) in [6, 6.07) is 13.5. The number of unbranched alkanes of at least 4 members (excludes halogenated alkanes) is 1. The highest BCUT2D eigenvalue weighted by molar-refractivity contribution is 5.91. The number of hydrogen-bond acceptors (Lipinski definition) is 5. The summed E-state index contributed by atoms with van der Waals surface area (Å²) in [6.45, 7) is 5.62. The summed E-state index contributed by atoms with van der Waals surface area (Å²) >= 11 is 0. The van der Waals surface area contributed by atoms with E-state index in [1.807, 2.05) is 12.1 Å². The van der Waals surface area contributed by atoms with Crippen molar-refractivity contribution in [1.82, 2.24) is 0 Å². The molecule has 2 rings (SSSR count). The molecule has 0 bridgehead atoms. The normalized spacial score (nSPS) is 11.5. The van der Waals surface area contributed by atoms with E-state index in [9.17, 15) is 9.59 Å². The molecule has 1 unspecified atom stereocenters. The number of rotatable bonds is 10. The molecule has 0 N–H and O–H groups in total. The standard InChI is InChI=1S/C23H28O5/c1-4-6-10-19(9-5-2)27-21-11-7-8-12-22(21)28-23(25)18-13-15-20(16-14-18)26-17(3)24/h7-8,11-16,19H,4-6,9-10H2,1-3H3. The van der Waals surface area contributed by atoms with Crippen molar-refractivity contribution in [3.05, 3.63) is 54.1 Å². The third kappa shape index (κ3) is 6.72. The summed E-state index contributed by atoms with van der Waals surface area (Å²) in [5, 5.41) is 0. The number of carbonyl (C=O) groups is 2. The van der Waals surface area contributed by atoms with Crippen molar-refractivity contribution < 1.29 is 23.8 Å². The van der Waals surface area contributed by atoms with Crippen LogP contribution in [0.1, 0.15) is 63.2 Å². The highest BCUT2D eigenvalue weighted by Gasteiger charge is 2.16.